The lowest BCUT2D eigenvalue weighted by Gasteiger charge is -2.01. The van der Waals surface area contributed by atoms with Gasteiger partial charge in [0.25, 0.3) is 0 Å². The van der Waals surface area contributed by atoms with Crippen LogP contribution in [0.15, 0.2) is 18.2 Å². The van der Waals surface area contributed by atoms with E-state index in [2.05, 4.69) is 4.98 Å². The number of benzene rings is 1. The fourth-order valence-corrected chi connectivity index (χ4v) is 2.05. The molecule has 0 aliphatic rings. The van der Waals surface area contributed by atoms with Crippen LogP contribution in [0.3, 0.4) is 0 Å². The summed E-state index contributed by atoms with van der Waals surface area (Å²) in [6.45, 7) is 2.28. The summed E-state index contributed by atoms with van der Waals surface area (Å²) in [6, 6.07) is 5.65. The number of Topliss-reactive ketones (excluding diaryl/α,β-unsaturated/α-hetero) is 1. The van der Waals surface area contributed by atoms with Gasteiger partial charge < -0.3 is 15.5 Å². The number of nitrogens with two attached hydrogens (primary N) is 1. The van der Waals surface area contributed by atoms with Crippen LogP contribution < -0.4 is 10.5 Å². The standard InChI is InChI=1S/C13H16N2O2/c1-8-13(12(16)5-6-14)10-4-3-9(17-2)7-11(10)15-8/h3-4,7,15H,5-6,14H2,1-2H3. The van der Waals surface area contributed by atoms with Crippen LogP contribution >= 0.6 is 0 Å². The summed E-state index contributed by atoms with van der Waals surface area (Å²) in [7, 11) is 1.62. The first-order valence-electron chi connectivity index (χ1n) is 5.57. The second-order valence-electron chi connectivity index (χ2n) is 4.00. The quantitative estimate of drug-likeness (QED) is 0.792. The highest BCUT2D eigenvalue weighted by atomic mass is 16.5. The van der Waals surface area contributed by atoms with Crippen molar-refractivity contribution in [1.82, 2.24) is 4.98 Å². The van der Waals surface area contributed by atoms with Crippen LogP contribution in [-0.2, 0) is 0 Å². The molecule has 0 fully saturated rings. The van der Waals surface area contributed by atoms with E-state index in [9.17, 15) is 4.79 Å². The lowest BCUT2D eigenvalue weighted by molar-refractivity contribution is 0.0986. The SMILES string of the molecule is COc1ccc2c(C(=O)CCN)c(C)[nH]c2c1. The first-order valence-corrected chi connectivity index (χ1v) is 5.57. The Morgan fingerprint density at radius 3 is 2.88 bits per heavy atom. The number of fused-ring (bicyclic) bond motifs is 1. The van der Waals surface area contributed by atoms with E-state index in [1.807, 2.05) is 25.1 Å². The van der Waals surface area contributed by atoms with Gasteiger partial charge >= 0.3 is 0 Å². The zero-order valence-electron chi connectivity index (χ0n) is 10.0. The number of H-pyrrole nitrogens is 1. The predicted molar refractivity (Wildman–Crippen MR) is 67.6 cm³/mol. The highest BCUT2D eigenvalue weighted by molar-refractivity contribution is 6.09. The fourth-order valence-electron chi connectivity index (χ4n) is 2.05. The van der Waals surface area contributed by atoms with Gasteiger partial charge in [0.2, 0.25) is 0 Å². The smallest absolute Gasteiger partial charge is 0.166 e. The average molecular weight is 232 g/mol. The Morgan fingerprint density at radius 1 is 1.47 bits per heavy atom. The molecule has 0 atom stereocenters. The molecule has 0 saturated heterocycles. The Morgan fingerprint density at radius 2 is 2.24 bits per heavy atom. The highest BCUT2D eigenvalue weighted by Gasteiger charge is 2.15. The largest absolute Gasteiger partial charge is 0.497 e. The molecule has 2 rings (SSSR count). The molecule has 0 unspecified atom stereocenters. The number of ketones is 1. The van der Waals surface area contributed by atoms with Gasteiger partial charge in [-0.1, -0.05) is 0 Å². The van der Waals surface area contributed by atoms with Crippen LogP contribution in [0, 0.1) is 6.92 Å². The van der Waals surface area contributed by atoms with Crippen LogP contribution in [-0.4, -0.2) is 24.4 Å². The van der Waals surface area contributed by atoms with Gasteiger partial charge in [0.05, 0.1) is 12.6 Å². The first-order chi connectivity index (χ1) is 8.17. The molecule has 2 aromatic rings. The molecular weight excluding hydrogens is 216 g/mol. The van der Waals surface area contributed by atoms with Crippen molar-refractivity contribution in [2.24, 2.45) is 5.73 Å². The summed E-state index contributed by atoms with van der Waals surface area (Å²) in [5.74, 6) is 0.859. The molecule has 0 amide bonds. The monoisotopic (exact) mass is 232 g/mol. The van der Waals surface area contributed by atoms with E-state index in [-0.39, 0.29) is 5.78 Å². The Labute approximate surface area is 99.8 Å². The summed E-state index contributed by atoms with van der Waals surface area (Å²) in [5.41, 5.74) is 7.97. The van der Waals surface area contributed by atoms with Gasteiger partial charge in [0.15, 0.2) is 5.78 Å². The molecule has 0 bridgehead atoms. The summed E-state index contributed by atoms with van der Waals surface area (Å²) in [6.07, 6.45) is 0.375. The third-order valence-electron chi connectivity index (χ3n) is 2.84. The fraction of sp³-hybridized carbons (Fsp3) is 0.308. The van der Waals surface area contributed by atoms with Gasteiger partial charge in [-0.3, -0.25) is 4.79 Å². The van der Waals surface area contributed by atoms with E-state index >= 15 is 0 Å². The summed E-state index contributed by atoms with van der Waals surface area (Å²) >= 11 is 0. The van der Waals surface area contributed by atoms with Crippen LogP contribution in [0.25, 0.3) is 10.9 Å². The van der Waals surface area contributed by atoms with E-state index in [4.69, 9.17) is 10.5 Å². The zero-order chi connectivity index (χ0) is 12.4. The minimum absolute atomic E-state index is 0.0846. The molecule has 0 spiro atoms. The van der Waals surface area contributed by atoms with Crippen molar-refractivity contribution >= 4 is 16.7 Å². The number of hydrogen-bond acceptors (Lipinski definition) is 3. The number of aryl methyl sites for hydroxylation is 1. The van der Waals surface area contributed by atoms with Crippen LogP contribution in [0.2, 0.25) is 0 Å². The number of aromatic nitrogens is 1. The van der Waals surface area contributed by atoms with Crippen molar-refractivity contribution in [2.45, 2.75) is 13.3 Å². The minimum atomic E-state index is 0.0846. The molecule has 1 heterocycles. The Hall–Kier alpha value is -1.81. The van der Waals surface area contributed by atoms with Gasteiger partial charge in [-0.05, 0) is 25.6 Å². The third kappa shape index (κ3) is 2.03. The van der Waals surface area contributed by atoms with Gasteiger partial charge in [-0.2, -0.15) is 0 Å². The lowest BCUT2D eigenvalue weighted by Crippen LogP contribution is -2.08. The Balaban J connectivity index is 2.56. The topological polar surface area (TPSA) is 68.1 Å². The van der Waals surface area contributed by atoms with Gasteiger partial charge in [0, 0.05) is 29.1 Å². The zero-order valence-corrected chi connectivity index (χ0v) is 10.0. The minimum Gasteiger partial charge on any atom is -0.497 e. The lowest BCUT2D eigenvalue weighted by atomic mass is 10.0. The van der Waals surface area contributed by atoms with Crippen LogP contribution in [0.4, 0.5) is 0 Å². The van der Waals surface area contributed by atoms with Crippen LogP contribution in [0.1, 0.15) is 22.5 Å². The molecule has 0 radical (unpaired) electrons. The molecule has 17 heavy (non-hydrogen) atoms. The van der Waals surface area contributed by atoms with Gasteiger partial charge in [-0.25, -0.2) is 0 Å². The summed E-state index contributed by atoms with van der Waals surface area (Å²) < 4.78 is 5.15. The van der Waals surface area contributed by atoms with E-state index in [1.54, 1.807) is 7.11 Å². The summed E-state index contributed by atoms with van der Waals surface area (Å²) in [4.78, 5) is 15.2. The Kier molecular flexibility index (Phi) is 3.15. The number of ether oxygens (including phenoxy) is 1. The number of carbonyl (C=O) groups is 1. The molecule has 1 aromatic carbocycles. The molecule has 3 N–H and O–H groups in total. The van der Waals surface area contributed by atoms with Crippen molar-refractivity contribution in [2.75, 3.05) is 13.7 Å². The molecule has 90 valence electrons. The van der Waals surface area contributed by atoms with Gasteiger partial charge in [0.1, 0.15) is 5.75 Å². The number of hydrogen-bond donors (Lipinski definition) is 2. The summed E-state index contributed by atoms with van der Waals surface area (Å²) in [5, 5.41) is 0.932. The molecule has 0 aliphatic heterocycles. The number of carbonyl (C=O) groups excluding carboxylic acids is 1. The molecule has 0 saturated carbocycles. The highest BCUT2D eigenvalue weighted by Crippen LogP contribution is 2.26. The number of aromatic amines is 1. The maximum Gasteiger partial charge on any atom is 0.166 e. The van der Waals surface area contributed by atoms with E-state index in [1.165, 1.54) is 0 Å². The molecule has 0 aliphatic carbocycles. The molecule has 4 heteroatoms. The van der Waals surface area contributed by atoms with Crippen molar-refractivity contribution in [3.05, 3.63) is 29.5 Å². The van der Waals surface area contributed by atoms with E-state index in [0.29, 0.717) is 13.0 Å². The second-order valence-corrected chi connectivity index (χ2v) is 4.00. The Bertz CT molecular complexity index is 558. The number of methoxy groups -OCH3 is 1. The number of nitrogens with one attached hydrogen (secondary N) is 1. The molecule has 1 aromatic heterocycles. The van der Waals surface area contributed by atoms with Crippen molar-refractivity contribution < 1.29 is 9.53 Å². The van der Waals surface area contributed by atoms with Crippen molar-refractivity contribution in [3.63, 3.8) is 0 Å². The maximum absolute atomic E-state index is 12.0. The van der Waals surface area contributed by atoms with Crippen molar-refractivity contribution in [1.29, 1.82) is 0 Å². The normalized spacial score (nSPS) is 10.8. The molecule has 4 nitrogen and oxygen atoms in total. The average Bonchev–Trinajstić information content (AvgIpc) is 2.64. The van der Waals surface area contributed by atoms with E-state index < -0.39 is 0 Å². The third-order valence-corrected chi connectivity index (χ3v) is 2.84. The van der Waals surface area contributed by atoms with Crippen LogP contribution in [0.5, 0.6) is 5.75 Å². The predicted octanol–water partition coefficient (Wildman–Crippen LogP) is 2.02. The first kappa shape index (κ1) is 11.7. The van der Waals surface area contributed by atoms with Gasteiger partial charge in [-0.15, -0.1) is 0 Å². The second kappa shape index (κ2) is 4.59. The maximum atomic E-state index is 12.0. The van der Waals surface area contributed by atoms with E-state index in [0.717, 1.165) is 27.9 Å². The van der Waals surface area contributed by atoms with Crippen molar-refractivity contribution in [3.8, 4) is 5.75 Å². The molecular formula is C13H16N2O2. The number of rotatable bonds is 4.